The molecule has 0 spiro atoms. The third kappa shape index (κ3) is 6.09. The van der Waals surface area contributed by atoms with Crippen molar-refractivity contribution in [2.24, 2.45) is 0 Å². The third-order valence-corrected chi connectivity index (χ3v) is 5.00. The topological polar surface area (TPSA) is 134 Å². The zero-order valence-electron chi connectivity index (χ0n) is 17.0. The van der Waals surface area contributed by atoms with Gasteiger partial charge in [-0.15, -0.1) is 0 Å². The van der Waals surface area contributed by atoms with Crippen LogP contribution in [-0.4, -0.2) is 42.8 Å². The summed E-state index contributed by atoms with van der Waals surface area (Å²) in [5.41, 5.74) is 1.28. The number of nitro benzene ring substituents is 1. The van der Waals surface area contributed by atoms with Gasteiger partial charge in [0, 0.05) is 30.0 Å². The third-order valence-electron chi connectivity index (χ3n) is 4.41. The summed E-state index contributed by atoms with van der Waals surface area (Å²) in [4.78, 5) is 19.5. The Morgan fingerprint density at radius 3 is 2.58 bits per heavy atom. The molecule has 3 aromatic rings. The van der Waals surface area contributed by atoms with Crippen LogP contribution in [0.3, 0.4) is 0 Å². The summed E-state index contributed by atoms with van der Waals surface area (Å²) in [5, 5.41) is 15.4. The molecule has 0 amide bonds. The highest BCUT2D eigenvalue weighted by Crippen LogP contribution is 2.34. The molecule has 31 heavy (non-hydrogen) atoms. The predicted molar refractivity (Wildman–Crippen MR) is 116 cm³/mol. The average Bonchev–Trinajstić information content (AvgIpc) is 2.73. The molecule has 0 radical (unpaired) electrons. The number of rotatable bonds is 10. The van der Waals surface area contributed by atoms with Crippen molar-refractivity contribution in [3.05, 3.63) is 64.5 Å². The van der Waals surface area contributed by atoms with Crippen LogP contribution in [0.2, 0.25) is 0 Å². The zero-order chi connectivity index (χ0) is 22.4. The summed E-state index contributed by atoms with van der Waals surface area (Å²) in [6.07, 6.45) is 2.57. The molecular weight excluding hydrogens is 424 g/mol. The summed E-state index contributed by atoms with van der Waals surface area (Å²) < 4.78 is 32.1. The highest BCUT2D eigenvalue weighted by atomic mass is 32.2. The minimum Gasteiger partial charge on any atom is -0.487 e. The molecule has 1 atom stereocenters. The SMILES string of the molecule is CC(Nc1ncnc2cc(OCCCOS(C)(=O)=O)c([N+](=O)[O-])cc12)c1ccccc1. The van der Waals surface area contributed by atoms with Gasteiger partial charge in [-0.2, -0.15) is 8.42 Å². The number of hydrogen-bond acceptors (Lipinski definition) is 9. The molecule has 11 heteroatoms. The lowest BCUT2D eigenvalue weighted by molar-refractivity contribution is -0.385. The fraction of sp³-hybridized carbons (Fsp3) is 0.300. The largest absolute Gasteiger partial charge is 0.487 e. The first kappa shape index (κ1) is 22.4. The van der Waals surface area contributed by atoms with Gasteiger partial charge in [-0.05, 0) is 12.5 Å². The van der Waals surface area contributed by atoms with E-state index >= 15 is 0 Å². The lowest BCUT2D eigenvalue weighted by Crippen LogP contribution is -2.09. The number of nitrogens with zero attached hydrogens (tertiary/aromatic N) is 3. The molecule has 1 unspecified atom stereocenters. The number of nitro groups is 1. The number of fused-ring (bicyclic) bond motifs is 1. The Morgan fingerprint density at radius 1 is 1.16 bits per heavy atom. The Kier molecular flexibility index (Phi) is 6.98. The van der Waals surface area contributed by atoms with Crippen LogP contribution in [-0.2, 0) is 14.3 Å². The predicted octanol–water partition coefficient (Wildman–Crippen LogP) is 3.46. The van der Waals surface area contributed by atoms with Crippen LogP contribution in [0.25, 0.3) is 10.9 Å². The second-order valence-electron chi connectivity index (χ2n) is 6.82. The number of nitrogens with one attached hydrogen (secondary N) is 1. The van der Waals surface area contributed by atoms with E-state index in [9.17, 15) is 18.5 Å². The highest BCUT2D eigenvalue weighted by molar-refractivity contribution is 7.85. The molecule has 2 aromatic carbocycles. The maximum atomic E-state index is 11.6. The number of anilines is 1. The Balaban J connectivity index is 1.82. The van der Waals surface area contributed by atoms with Gasteiger partial charge < -0.3 is 10.1 Å². The second-order valence-corrected chi connectivity index (χ2v) is 8.47. The lowest BCUT2D eigenvalue weighted by Gasteiger charge is -2.16. The van der Waals surface area contributed by atoms with Gasteiger partial charge in [-0.3, -0.25) is 14.3 Å². The standard InChI is InChI=1S/C20H22N4O6S/c1-14(15-7-4-3-5-8-15)23-20-16-11-18(24(25)26)19(12-17(16)21-13-22-20)29-9-6-10-30-31(2,27)28/h3-5,7-8,11-14H,6,9-10H2,1-2H3,(H,21,22,23). The normalized spacial score (nSPS) is 12.5. The number of aromatic nitrogens is 2. The van der Waals surface area contributed by atoms with Gasteiger partial charge >= 0.3 is 5.69 Å². The lowest BCUT2D eigenvalue weighted by atomic mass is 10.1. The minimum atomic E-state index is -3.54. The molecule has 0 fully saturated rings. The van der Waals surface area contributed by atoms with Gasteiger partial charge in [0.1, 0.15) is 12.1 Å². The Bertz CT molecular complexity index is 1170. The van der Waals surface area contributed by atoms with E-state index in [2.05, 4.69) is 19.5 Å². The molecule has 0 aliphatic heterocycles. The fourth-order valence-electron chi connectivity index (χ4n) is 2.93. The second kappa shape index (κ2) is 9.67. The van der Waals surface area contributed by atoms with Crippen molar-refractivity contribution in [3.8, 4) is 5.75 Å². The van der Waals surface area contributed by atoms with Crippen LogP contribution in [0.4, 0.5) is 11.5 Å². The van der Waals surface area contributed by atoms with E-state index in [0.29, 0.717) is 16.7 Å². The van der Waals surface area contributed by atoms with Crippen molar-refractivity contribution in [2.75, 3.05) is 24.8 Å². The van der Waals surface area contributed by atoms with Gasteiger partial charge in [-0.1, -0.05) is 30.3 Å². The van der Waals surface area contributed by atoms with E-state index in [1.54, 1.807) is 0 Å². The van der Waals surface area contributed by atoms with Gasteiger partial charge in [-0.25, -0.2) is 9.97 Å². The minimum absolute atomic E-state index is 0.0395. The molecule has 0 saturated heterocycles. The van der Waals surface area contributed by atoms with E-state index < -0.39 is 15.0 Å². The summed E-state index contributed by atoms with van der Waals surface area (Å²) in [5.74, 6) is 0.509. The molecule has 0 aliphatic rings. The number of benzene rings is 2. The van der Waals surface area contributed by atoms with Gasteiger partial charge in [0.2, 0.25) is 0 Å². The maximum Gasteiger partial charge on any atom is 0.311 e. The van der Waals surface area contributed by atoms with Crippen LogP contribution in [0.5, 0.6) is 5.75 Å². The van der Waals surface area contributed by atoms with E-state index in [-0.39, 0.29) is 37.1 Å². The molecule has 1 aromatic heterocycles. The molecule has 0 saturated carbocycles. The van der Waals surface area contributed by atoms with Crippen molar-refractivity contribution in [1.82, 2.24) is 9.97 Å². The molecule has 3 rings (SSSR count). The van der Waals surface area contributed by atoms with E-state index in [1.807, 2.05) is 37.3 Å². The molecule has 1 heterocycles. The van der Waals surface area contributed by atoms with Crippen molar-refractivity contribution in [2.45, 2.75) is 19.4 Å². The van der Waals surface area contributed by atoms with Crippen molar-refractivity contribution in [3.63, 3.8) is 0 Å². The molecule has 10 nitrogen and oxygen atoms in total. The first-order valence-corrected chi connectivity index (χ1v) is 11.3. The summed E-state index contributed by atoms with van der Waals surface area (Å²) >= 11 is 0. The molecule has 164 valence electrons. The summed E-state index contributed by atoms with van der Waals surface area (Å²) in [6.45, 7) is 1.94. The fourth-order valence-corrected chi connectivity index (χ4v) is 3.35. The van der Waals surface area contributed by atoms with E-state index in [0.717, 1.165) is 11.8 Å². The molecule has 0 aliphatic carbocycles. The van der Waals surface area contributed by atoms with Crippen LogP contribution in [0.15, 0.2) is 48.8 Å². The van der Waals surface area contributed by atoms with Crippen LogP contribution >= 0.6 is 0 Å². The average molecular weight is 446 g/mol. The maximum absolute atomic E-state index is 11.6. The van der Waals surface area contributed by atoms with E-state index in [1.165, 1.54) is 18.5 Å². The van der Waals surface area contributed by atoms with Gasteiger partial charge in [0.25, 0.3) is 10.1 Å². The molecule has 0 bridgehead atoms. The van der Waals surface area contributed by atoms with Crippen molar-refractivity contribution >= 4 is 32.5 Å². The van der Waals surface area contributed by atoms with Crippen LogP contribution in [0, 0.1) is 10.1 Å². The molecular formula is C20H22N4O6S. The molecule has 1 N–H and O–H groups in total. The van der Waals surface area contributed by atoms with E-state index in [4.69, 9.17) is 4.74 Å². The van der Waals surface area contributed by atoms with Crippen molar-refractivity contribution in [1.29, 1.82) is 0 Å². The Labute approximate surface area is 179 Å². The Hall–Kier alpha value is -3.31. The first-order chi connectivity index (χ1) is 14.7. The summed E-state index contributed by atoms with van der Waals surface area (Å²) in [6, 6.07) is 12.5. The quantitative estimate of drug-likeness (QED) is 0.215. The van der Waals surface area contributed by atoms with Crippen LogP contribution < -0.4 is 10.1 Å². The zero-order valence-corrected chi connectivity index (χ0v) is 17.8. The first-order valence-electron chi connectivity index (χ1n) is 9.46. The number of hydrogen-bond donors (Lipinski definition) is 1. The number of ether oxygens (including phenoxy) is 1. The smallest absolute Gasteiger partial charge is 0.311 e. The van der Waals surface area contributed by atoms with Crippen LogP contribution in [0.1, 0.15) is 24.9 Å². The monoisotopic (exact) mass is 446 g/mol. The van der Waals surface area contributed by atoms with Gasteiger partial charge in [0.15, 0.2) is 5.75 Å². The Morgan fingerprint density at radius 2 is 1.90 bits per heavy atom. The summed E-state index contributed by atoms with van der Waals surface area (Å²) in [7, 11) is -3.54. The van der Waals surface area contributed by atoms with Crippen molar-refractivity contribution < 1.29 is 22.3 Å². The highest BCUT2D eigenvalue weighted by Gasteiger charge is 2.20. The van der Waals surface area contributed by atoms with Gasteiger partial charge in [0.05, 0.1) is 29.9 Å².